The van der Waals surface area contributed by atoms with Gasteiger partial charge in [0.2, 0.25) is 5.69 Å². The highest BCUT2D eigenvalue weighted by Crippen LogP contribution is 2.62. The Morgan fingerprint density at radius 2 is 2.32 bits per heavy atom. The van der Waals surface area contributed by atoms with Crippen molar-refractivity contribution in [1.29, 1.82) is 0 Å². The number of hydrogen-bond donors (Lipinski definition) is 0. The maximum absolute atomic E-state index is 12.5. The van der Waals surface area contributed by atoms with E-state index in [1.54, 1.807) is 0 Å². The van der Waals surface area contributed by atoms with Crippen LogP contribution in [0, 0.1) is 0 Å². The van der Waals surface area contributed by atoms with Crippen molar-refractivity contribution in [2.24, 2.45) is 0 Å². The summed E-state index contributed by atoms with van der Waals surface area (Å²) in [5.41, 5.74) is -4.16. The van der Waals surface area contributed by atoms with Crippen LogP contribution < -0.4 is 0 Å². The van der Waals surface area contributed by atoms with Crippen LogP contribution in [-0.4, -0.2) is 44.5 Å². The van der Waals surface area contributed by atoms with Gasteiger partial charge in [0.1, 0.15) is 5.23 Å². The Morgan fingerprint density at radius 3 is 2.89 bits per heavy atom. The molecule has 9 heteroatoms. The molecule has 0 spiro atoms. The van der Waals surface area contributed by atoms with Crippen LogP contribution in [0.4, 0.5) is 0 Å². The maximum Gasteiger partial charge on any atom is 0.320 e. The lowest BCUT2D eigenvalue weighted by Gasteiger charge is -2.21. The maximum atomic E-state index is 12.5. The number of carbonyl (C=O) groups excluding carboxylic acids is 2. The Balaban J connectivity index is 6.01. The van der Waals surface area contributed by atoms with Crippen molar-refractivity contribution in [3.63, 3.8) is 0 Å². The molecular weight excluding hydrogens is 311 g/mol. The van der Waals surface area contributed by atoms with Gasteiger partial charge in [0.15, 0.2) is 0 Å². The Hall–Kier alpha value is -0.140. The molecule has 0 saturated heterocycles. The SMILES string of the molecule is [2H]COP(=S)(OC([2H])([2H])[2H])SC([2H])(CC(=O)OCC)C(=O)OC([2H])([2H])C([2H])([2H])[2H]. The van der Waals surface area contributed by atoms with E-state index in [-0.39, 0.29) is 18.0 Å². The second-order valence-corrected chi connectivity index (χ2v) is 8.79. The molecule has 0 N–H and O–H groups in total. The lowest BCUT2D eigenvalue weighted by atomic mass is 10.3. The summed E-state index contributed by atoms with van der Waals surface area (Å²) in [7, 11) is -4.07. The first-order valence-electron chi connectivity index (χ1n) is 9.86. The highest BCUT2D eigenvalue weighted by Gasteiger charge is 2.32. The van der Waals surface area contributed by atoms with Crippen molar-refractivity contribution in [2.75, 3.05) is 27.3 Å². The van der Waals surface area contributed by atoms with E-state index in [4.69, 9.17) is 30.0 Å². The molecule has 112 valence electrons. The lowest BCUT2D eigenvalue weighted by molar-refractivity contribution is -0.149. The third kappa shape index (κ3) is 7.27. The van der Waals surface area contributed by atoms with Crippen LogP contribution >= 0.6 is 17.1 Å². The number of esters is 2. The van der Waals surface area contributed by atoms with Gasteiger partial charge in [-0.1, -0.05) is 11.4 Å². The third-order valence-electron chi connectivity index (χ3n) is 1.47. The van der Waals surface area contributed by atoms with Gasteiger partial charge in [-0.3, -0.25) is 9.59 Å². The summed E-state index contributed by atoms with van der Waals surface area (Å²) in [5, 5.41) is -2.89. The molecular formula is C10H19O6PS2. The van der Waals surface area contributed by atoms with Crippen molar-refractivity contribution in [3.8, 4) is 0 Å². The second-order valence-electron chi connectivity index (χ2n) is 2.66. The summed E-state index contributed by atoms with van der Waals surface area (Å²) in [6.07, 6.45) is -1.12. The molecule has 2 atom stereocenters. The van der Waals surface area contributed by atoms with Crippen LogP contribution in [0.25, 0.3) is 0 Å². The molecule has 0 aromatic heterocycles. The number of carbonyl (C=O) groups is 2. The minimum Gasteiger partial charge on any atom is -0.466 e. The van der Waals surface area contributed by atoms with Crippen molar-refractivity contribution >= 4 is 40.8 Å². The van der Waals surface area contributed by atoms with Crippen LogP contribution in [0.1, 0.15) is 33.9 Å². The standard InChI is InChI=1S/C10H19O6PS2/c1-5-15-9(11)7-8(10(12)16-6-2)19-17(18,13-3)14-4/h8H,5-7H2,1-4H3/i2D3,3D,4D3,6D2,8D. The number of hydrogen-bond acceptors (Lipinski definition) is 8. The van der Waals surface area contributed by atoms with Crippen LogP contribution in [0.2, 0.25) is 0 Å². The molecule has 0 rings (SSSR count). The van der Waals surface area contributed by atoms with Gasteiger partial charge < -0.3 is 18.5 Å². The summed E-state index contributed by atoms with van der Waals surface area (Å²) in [5.74, 6) is -2.99. The highest BCUT2D eigenvalue weighted by atomic mass is 32.9. The average Bonchev–Trinajstić information content (AvgIpc) is 2.42. The molecule has 0 heterocycles. The first-order chi connectivity index (χ1) is 12.8. The molecule has 0 bridgehead atoms. The van der Waals surface area contributed by atoms with E-state index >= 15 is 0 Å². The van der Waals surface area contributed by atoms with Crippen LogP contribution in [-0.2, 0) is 39.9 Å². The smallest absolute Gasteiger partial charge is 0.320 e. The van der Waals surface area contributed by atoms with E-state index < -0.39 is 56.8 Å². The van der Waals surface area contributed by atoms with Gasteiger partial charge in [-0.25, -0.2) is 0 Å². The summed E-state index contributed by atoms with van der Waals surface area (Å²) in [6.45, 7) is -5.68. The monoisotopic (exact) mass is 340 g/mol. The molecule has 2 unspecified atom stereocenters. The number of rotatable bonds is 9. The fourth-order valence-corrected chi connectivity index (χ4v) is 3.81. The Kier molecular flexibility index (Phi) is 3.96. The zero-order valence-electron chi connectivity index (χ0n) is 19.8. The third-order valence-corrected chi connectivity index (χ3v) is 5.85. The van der Waals surface area contributed by atoms with E-state index in [9.17, 15) is 9.59 Å². The average molecular weight is 340 g/mol. The molecule has 0 saturated carbocycles. The van der Waals surface area contributed by atoms with E-state index in [0.29, 0.717) is 0 Å². The molecule has 0 aromatic carbocycles. The molecule has 0 aromatic rings. The molecule has 0 amide bonds. The fraction of sp³-hybridized carbons (Fsp3) is 0.800. The summed E-state index contributed by atoms with van der Waals surface area (Å²) >= 11 is 4.82. The Morgan fingerprint density at radius 1 is 1.53 bits per heavy atom. The predicted octanol–water partition coefficient (Wildman–Crippen LogP) is 2.12. The molecule has 0 aliphatic heterocycles. The van der Waals surface area contributed by atoms with E-state index in [2.05, 4.69) is 14.0 Å². The van der Waals surface area contributed by atoms with Crippen molar-refractivity contribution < 1.29 is 41.8 Å². The second kappa shape index (κ2) is 9.72. The Bertz CT molecular complexity index is 641. The van der Waals surface area contributed by atoms with E-state index in [1.807, 2.05) is 0 Å². The van der Waals surface area contributed by atoms with Crippen molar-refractivity contribution in [1.82, 2.24) is 0 Å². The van der Waals surface area contributed by atoms with Gasteiger partial charge in [0.25, 0.3) is 0 Å². The van der Waals surface area contributed by atoms with Gasteiger partial charge in [-0.15, -0.1) is 0 Å². The van der Waals surface area contributed by atoms with Crippen LogP contribution in [0.5, 0.6) is 0 Å². The predicted molar refractivity (Wildman–Crippen MR) is 77.6 cm³/mol. The fourth-order valence-electron chi connectivity index (χ4n) is 0.794. The van der Waals surface area contributed by atoms with E-state index in [1.165, 1.54) is 6.92 Å². The quantitative estimate of drug-likeness (QED) is 0.467. The first kappa shape index (κ1) is 7.75. The molecule has 6 nitrogen and oxygen atoms in total. The normalized spacial score (nSPS) is 26.8. The van der Waals surface area contributed by atoms with Gasteiger partial charge in [0, 0.05) is 18.2 Å². The minimum atomic E-state index is -4.16. The number of ether oxygens (including phenoxy) is 2. The van der Waals surface area contributed by atoms with Gasteiger partial charge in [-0.05, 0) is 25.6 Å². The molecule has 19 heavy (non-hydrogen) atoms. The first-order valence-corrected chi connectivity index (χ1v) is 8.71. The largest absolute Gasteiger partial charge is 0.466 e. The van der Waals surface area contributed by atoms with Gasteiger partial charge in [0.05, 0.1) is 29.2 Å². The van der Waals surface area contributed by atoms with E-state index in [0.717, 1.165) is 0 Å². The highest BCUT2D eigenvalue weighted by molar-refractivity contribution is 8.68. The van der Waals surface area contributed by atoms with Gasteiger partial charge >= 0.3 is 11.9 Å². The zero-order valence-corrected chi connectivity index (χ0v) is 12.4. The molecule has 0 aliphatic rings. The Labute approximate surface area is 136 Å². The molecule has 0 fully saturated rings. The molecule has 0 radical (unpaired) electrons. The topological polar surface area (TPSA) is 71.1 Å². The summed E-state index contributed by atoms with van der Waals surface area (Å²) in [4.78, 5) is 24.3. The van der Waals surface area contributed by atoms with Crippen molar-refractivity contribution in [3.05, 3.63) is 0 Å². The van der Waals surface area contributed by atoms with Crippen molar-refractivity contribution in [2.45, 2.75) is 25.4 Å². The van der Waals surface area contributed by atoms with Gasteiger partial charge in [-0.2, -0.15) is 0 Å². The van der Waals surface area contributed by atoms with Crippen LogP contribution in [0.3, 0.4) is 0 Å². The zero-order chi connectivity index (χ0) is 23.3. The summed E-state index contributed by atoms with van der Waals surface area (Å²) in [6, 6.07) is 0. The minimum absolute atomic E-state index is 0.0980. The lowest BCUT2D eigenvalue weighted by Crippen LogP contribution is -2.24. The van der Waals surface area contributed by atoms with Crippen LogP contribution in [0.15, 0.2) is 0 Å². The molecule has 0 aliphatic carbocycles. The summed E-state index contributed by atoms with van der Waals surface area (Å²) < 4.78 is 90.9.